The minimum absolute atomic E-state index is 0.890. The lowest BCUT2D eigenvalue weighted by atomic mass is 10.0. The monoisotopic (exact) mass is 278 g/mol. The summed E-state index contributed by atoms with van der Waals surface area (Å²) in [5.74, 6) is 3.61. The van der Waals surface area contributed by atoms with Crippen molar-refractivity contribution in [3.63, 3.8) is 0 Å². The Morgan fingerprint density at radius 1 is 0.600 bits per heavy atom. The van der Waals surface area contributed by atoms with Crippen LogP contribution in [0.25, 0.3) is 0 Å². The number of hydrogen-bond acceptors (Lipinski definition) is 0. The van der Waals surface area contributed by atoms with Crippen LogP contribution in [-0.2, 0) is 0 Å². The van der Waals surface area contributed by atoms with Crippen LogP contribution in [0.5, 0.6) is 0 Å². The third-order valence-corrected chi connectivity index (χ3v) is 4.10. The first-order chi connectivity index (χ1) is 9.77. The van der Waals surface area contributed by atoms with Crippen LogP contribution in [0.1, 0.15) is 110 Å². The Balaban J connectivity index is 2.94. The fourth-order valence-electron chi connectivity index (χ4n) is 2.72. The molecule has 20 heavy (non-hydrogen) atoms. The van der Waals surface area contributed by atoms with Crippen LogP contribution in [0.4, 0.5) is 0 Å². The molecule has 0 heteroatoms. The largest absolute Gasteiger partial charge is 0.120 e. The van der Waals surface area contributed by atoms with Gasteiger partial charge in [-0.1, -0.05) is 97.3 Å². The third kappa shape index (κ3) is 17.6. The van der Waals surface area contributed by atoms with Gasteiger partial charge in [0, 0.05) is 6.42 Å². The van der Waals surface area contributed by atoms with Crippen molar-refractivity contribution in [1.29, 1.82) is 0 Å². The first-order valence-corrected chi connectivity index (χ1v) is 9.21. The molecule has 0 atom stereocenters. The second kappa shape index (κ2) is 16.6. The second-order valence-corrected chi connectivity index (χ2v) is 6.73. The van der Waals surface area contributed by atoms with E-state index in [1.807, 2.05) is 0 Å². The van der Waals surface area contributed by atoms with E-state index in [2.05, 4.69) is 19.8 Å². The number of rotatable bonds is 15. The molecule has 0 aliphatic carbocycles. The molecular weight excluding hydrogens is 240 g/mol. The Bertz CT molecular complexity index is 209. The molecule has 118 valence electrons. The Hall–Kier alpha value is -0.440. The lowest BCUT2D eigenvalue weighted by Crippen LogP contribution is -1.87. The number of unbranched alkanes of at least 4 members (excludes halogenated alkanes) is 13. The fourth-order valence-corrected chi connectivity index (χ4v) is 2.72. The first kappa shape index (κ1) is 19.6. The summed E-state index contributed by atoms with van der Waals surface area (Å²) in [4.78, 5) is 0. The maximum atomic E-state index is 5.24. The zero-order chi connectivity index (χ0) is 14.9. The quantitative estimate of drug-likeness (QED) is 0.221. The van der Waals surface area contributed by atoms with Crippen LogP contribution >= 0.6 is 0 Å². The van der Waals surface area contributed by atoms with E-state index in [0.29, 0.717) is 0 Å². The topological polar surface area (TPSA) is 0 Å². The van der Waals surface area contributed by atoms with Gasteiger partial charge in [-0.3, -0.25) is 0 Å². The number of terminal acetylenes is 1. The Labute approximate surface area is 129 Å². The molecule has 0 saturated heterocycles. The molecule has 0 heterocycles. The summed E-state index contributed by atoms with van der Waals surface area (Å²) in [6.07, 6.45) is 26.1. The Morgan fingerprint density at radius 3 is 1.30 bits per heavy atom. The van der Waals surface area contributed by atoms with E-state index in [1.54, 1.807) is 0 Å². The molecule has 0 radical (unpaired) electrons. The molecular formula is C20H38. The second-order valence-electron chi connectivity index (χ2n) is 6.73. The average Bonchev–Trinajstić information content (AvgIpc) is 2.43. The first-order valence-electron chi connectivity index (χ1n) is 9.21. The zero-order valence-electron chi connectivity index (χ0n) is 14.3. The van der Waals surface area contributed by atoms with Crippen LogP contribution in [0.2, 0.25) is 0 Å². The van der Waals surface area contributed by atoms with E-state index in [4.69, 9.17) is 6.42 Å². The van der Waals surface area contributed by atoms with Crippen molar-refractivity contribution in [2.24, 2.45) is 5.92 Å². The third-order valence-electron chi connectivity index (χ3n) is 4.10. The van der Waals surface area contributed by atoms with E-state index < -0.39 is 0 Å². The van der Waals surface area contributed by atoms with Crippen molar-refractivity contribution < 1.29 is 0 Å². The van der Waals surface area contributed by atoms with Crippen molar-refractivity contribution in [2.75, 3.05) is 0 Å². The highest BCUT2D eigenvalue weighted by atomic mass is 14.0. The molecule has 0 unspecified atom stereocenters. The maximum Gasteiger partial charge on any atom is 0.00860 e. The van der Waals surface area contributed by atoms with E-state index >= 15 is 0 Å². The predicted octanol–water partition coefficient (Wildman–Crippen LogP) is 7.13. The molecule has 0 saturated carbocycles. The van der Waals surface area contributed by atoms with Crippen LogP contribution < -0.4 is 0 Å². The van der Waals surface area contributed by atoms with Gasteiger partial charge < -0.3 is 0 Å². The summed E-state index contributed by atoms with van der Waals surface area (Å²) in [5.41, 5.74) is 0. The van der Waals surface area contributed by atoms with Crippen molar-refractivity contribution in [1.82, 2.24) is 0 Å². The van der Waals surface area contributed by atoms with Crippen molar-refractivity contribution in [3.05, 3.63) is 0 Å². The van der Waals surface area contributed by atoms with Crippen LogP contribution in [0.3, 0.4) is 0 Å². The molecule has 0 fully saturated rings. The minimum atomic E-state index is 0.890. The summed E-state index contributed by atoms with van der Waals surface area (Å²) in [6, 6.07) is 0. The highest BCUT2D eigenvalue weighted by Crippen LogP contribution is 2.14. The number of hydrogen-bond donors (Lipinski definition) is 0. The van der Waals surface area contributed by atoms with Crippen molar-refractivity contribution in [3.8, 4) is 12.3 Å². The van der Waals surface area contributed by atoms with Crippen molar-refractivity contribution in [2.45, 2.75) is 110 Å². The van der Waals surface area contributed by atoms with E-state index in [-0.39, 0.29) is 0 Å². The van der Waals surface area contributed by atoms with Crippen molar-refractivity contribution >= 4 is 0 Å². The van der Waals surface area contributed by atoms with Gasteiger partial charge in [0.25, 0.3) is 0 Å². The smallest absolute Gasteiger partial charge is 0.00860 e. The van der Waals surface area contributed by atoms with Gasteiger partial charge in [0.15, 0.2) is 0 Å². The summed E-state index contributed by atoms with van der Waals surface area (Å²) < 4.78 is 0. The van der Waals surface area contributed by atoms with Gasteiger partial charge in [-0.15, -0.1) is 12.3 Å². The molecule has 0 rings (SSSR count). The zero-order valence-corrected chi connectivity index (χ0v) is 14.3. The fraction of sp³-hybridized carbons (Fsp3) is 0.900. The van der Waals surface area contributed by atoms with Gasteiger partial charge in [-0.2, -0.15) is 0 Å². The molecule has 0 N–H and O–H groups in total. The molecule has 0 aliphatic rings. The Kier molecular flexibility index (Phi) is 16.2. The molecule has 0 nitrogen and oxygen atoms in total. The lowest BCUT2D eigenvalue weighted by molar-refractivity contribution is 0.503. The molecule has 0 aromatic heterocycles. The highest BCUT2D eigenvalue weighted by Gasteiger charge is 1.95. The molecule has 0 spiro atoms. The van der Waals surface area contributed by atoms with Gasteiger partial charge in [-0.05, 0) is 12.3 Å². The molecule has 0 amide bonds. The molecule has 0 aliphatic heterocycles. The summed E-state index contributed by atoms with van der Waals surface area (Å²) in [5, 5.41) is 0. The van der Waals surface area contributed by atoms with E-state index in [1.165, 1.54) is 89.9 Å². The van der Waals surface area contributed by atoms with Gasteiger partial charge in [-0.25, -0.2) is 0 Å². The van der Waals surface area contributed by atoms with Gasteiger partial charge in [0.05, 0.1) is 0 Å². The van der Waals surface area contributed by atoms with Gasteiger partial charge in [0.2, 0.25) is 0 Å². The lowest BCUT2D eigenvalue weighted by Gasteiger charge is -2.04. The Morgan fingerprint density at radius 2 is 0.950 bits per heavy atom. The predicted molar refractivity (Wildman–Crippen MR) is 92.9 cm³/mol. The van der Waals surface area contributed by atoms with Crippen LogP contribution in [0.15, 0.2) is 0 Å². The minimum Gasteiger partial charge on any atom is -0.120 e. The summed E-state index contributed by atoms with van der Waals surface area (Å²) in [7, 11) is 0. The molecule has 0 bridgehead atoms. The van der Waals surface area contributed by atoms with Gasteiger partial charge in [0.1, 0.15) is 0 Å². The standard InChI is InChI=1S/C20H38/c1-4-5-6-7-8-9-10-11-12-13-14-15-16-17-18-19-20(2)3/h1,20H,5-19H2,2-3H3. The van der Waals surface area contributed by atoms with Crippen LogP contribution in [0, 0.1) is 18.3 Å². The summed E-state index contributed by atoms with van der Waals surface area (Å²) >= 11 is 0. The summed E-state index contributed by atoms with van der Waals surface area (Å²) in [6.45, 7) is 4.66. The van der Waals surface area contributed by atoms with Crippen LogP contribution in [-0.4, -0.2) is 0 Å². The van der Waals surface area contributed by atoms with E-state index in [0.717, 1.165) is 12.3 Å². The normalized spacial score (nSPS) is 10.9. The van der Waals surface area contributed by atoms with Gasteiger partial charge >= 0.3 is 0 Å². The molecule has 0 aromatic carbocycles. The maximum absolute atomic E-state index is 5.24. The molecule has 0 aromatic rings. The average molecular weight is 279 g/mol. The van der Waals surface area contributed by atoms with E-state index in [9.17, 15) is 0 Å². The highest BCUT2D eigenvalue weighted by molar-refractivity contribution is 4.82. The SMILES string of the molecule is C#CCCCCCCCCCCCCCCCC(C)C.